The van der Waals surface area contributed by atoms with E-state index in [0.29, 0.717) is 5.41 Å². The van der Waals surface area contributed by atoms with Crippen LogP contribution in [0, 0.1) is 0 Å². The predicted molar refractivity (Wildman–Crippen MR) is 74.9 cm³/mol. The lowest BCUT2D eigenvalue weighted by molar-refractivity contribution is 0.300. The molecule has 1 fully saturated rings. The van der Waals surface area contributed by atoms with Crippen molar-refractivity contribution in [2.45, 2.75) is 37.5 Å². The van der Waals surface area contributed by atoms with E-state index >= 15 is 0 Å². The van der Waals surface area contributed by atoms with Gasteiger partial charge in [-0.05, 0) is 47.9 Å². The van der Waals surface area contributed by atoms with Crippen molar-refractivity contribution in [2.75, 3.05) is 0 Å². The Morgan fingerprint density at radius 2 is 1.17 bits per heavy atom. The lowest BCUT2D eigenvalue weighted by Gasteiger charge is -2.44. The van der Waals surface area contributed by atoms with E-state index in [1.807, 2.05) is 0 Å². The molecule has 2 aliphatic rings. The maximum absolute atomic E-state index is 2.37. The fourth-order valence-electron chi connectivity index (χ4n) is 3.89. The highest BCUT2D eigenvalue weighted by molar-refractivity contribution is 5.51. The fraction of sp³-hybridized carbons (Fsp3) is 0.333. The van der Waals surface area contributed by atoms with Crippen LogP contribution in [0.1, 0.15) is 41.5 Å². The molecule has 18 heavy (non-hydrogen) atoms. The van der Waals surface area contributed by atoms with Gasteiger partial charge >= 0.3 is 0 Å². The molecule has 2 aliphatic carbocycles. The zero-order valence-corrected chi connectivity index (χ0v) is 10.7. The maximum Gasteiger partial charge on any atom is 0.0208 e. The van der Waals surface area contributed by atoms with E-state index in [-0.39, 0.29) is 0 Å². The Kier molecular flexibility index (Phi) is 2.14. The van der Waals surface area contributed by atoms with Crippen LogP contribution in [0.3, 0.4) is 0 Å². The number of aryl methyl sites for hydroxylation is 2. The van der Waals surface area contributed by atoms with Crippen LogP contribution in [0.2, 0.25) is 0 Å². The molecule has 1 saturated carbocycles. The first-order valence-electron chi connectivity index (χ1n) is 7.07. The molecule has 0 bridgehead atoms. The molecule has 2 aromatic carbocycles. The Balaban J connectivity index is 2.00. The summed E-state index contributed by atoms with van der Waals surface area (Å²) in [4.78, 5) is 0. The van der Waals surface area contributed by atoms with E-state index in [4.69, 9.17) is 0 Å². The monoisotopic (exact) mass is 234 g/mol. The first kappa shape index (κ1) is 10.4. The molecule has 0 aliphatic heterocycles. The largest absolute Gasteiger partial charge is 0.0620 e. The van der Waals surface area contributed by atoms with Crippen LogP contribution in [0.4, 0.5) is 0 Å². The molecule has 0 aromatic heterocycles. The van der Waals surface area contributed by atoms with Gasteiger partial charge in [0.25, 0.3) is 0 Å². The van der Waals surface area contributed by atoms with Crippen molar-refractivity contribution in [1.82, 2.24) is 0 Å². The van der Waals surface area contributed by atoms with Gasteiger partial charge in [0.1, 0.15) is 0 Å². The zero-order valence-electron chi connectivity index (χ0n) is 10.7. The summed E-state index contributed by atoms with van der Waals surface area (Å²) in [5.74, 6) is 0. The highest BCUT2D eigenvalue weighted by Gasteiger charge is 2.43. The average Bonchev–Trinajstić information content (AvgIpc) is 2.52. The van der Waals surface area contributed by atoms with Crippen molar-refractivity contribution in [3.63, 3.8) is 0 Å². The number of hydrogen-bond donors (Lipinski definition) is 0. The molecule has 0 amide bonds. The first-order valence-corrected chi connectivity index (χ1v) is 7.07. The van der Waals surface area contributed by atoms with Crippen LogP contribution in [0.5, 0.6) is 0 Å². The topological polar surface area (TPSA) is 0 Å². The maximum atomic E-state index is 2.37. The molecule has 0 heterocycles. The van der Waals surface area contributed by atoms with Crippen molar-refractivity contribution in [1.29, 1.82) is 0 Å². The molecule has 0 N–H and O–H groups in total. The second kappa shape index (κ2) is 3.71. The summed E-state index contributed by atoms with van der Waals surface area (Å²) in [7, 11) is 0. The number of rotatable bonds is 0. The van der Waals surface area contributed by atoms with Gasteiger partial charge in [0, 0.05) is 5.41 Å². The van der Waals surface area contributed by atoms with E-state index in [9.17, 15) is 0 Å². The van der Waals surface area contributed by atoms with Crippen LogP contribution in [0.25, 0.3) is 0 Å². The Morgan fingerprint density at radius 3 is 1.61 bits per heavy atom. The smallest absolute Gasteiger partial charge is 0.0208 e. The minimum Gasteiger partial charge on any atom is -0.0620 e. The quantitative estimate of drug-likeness (QED) is 0.639. The SMILES string of the molecule is c1ccc2c(c1)CCc1ccccc1C21CCC1. The van der Waals surface area contributed by atoms with Gasteiger partial charge in [-0.2, -0.15) is 0 Å². The first-order chi connectivity index (χ1) is 8.90. The third kappa shape index (κ3) is 1.26. The van der Waals surface area contributed by atoms with Crippen molar-refractivity contribution < 1.29 is 0 Å². The summed E-state index contributed by atoms with van der Waals surface area (Å²) < 4.78 is 0. The molecule has 0 unspecified atom stereocenters. The Morgan fingerprint density at radius 1 is 0.667 bits per heavy atom. The van der Waals surface area contributed by atoms with Gasteiger partial charge in [0.2, 0.25) is 0 Å². The molecule has 1 spiro atoms. The number of benzene rings is 2. The summed E-state index contributed by atoms with van der Waals surface area (Å²) in [5, 5.41) is 0. The van der Waals surface area contributed by atoms with Gasteiger partial charge in [-0.3, -0.25) is 0 Å². The van der Waals surface area contributed by atoms with E-state index in [1.54, 1.807) is 22.3 Å². The third-order valence-electron chi connectivity index (χ3n) is 4.94. The Hall–Kier alpha value is -1.56. The van der Waals surface area contributed by atoms with Gasteiger partial charge in [0.05, 0.1) is 0 Å². The standard InChI is InChI=1S/C18H18/c1-3-8-16-14(6-1)10-11-15-7-2-4-9-17(15)18(16)12-5-13-18/h1-4,6-9H,5,10-13H2. The normalized spacial score (nSPS) is 19.6. The molecule has 90 valence electrons. The van der Waals surface area contributed by atoms with Crippen molar-refractivity contribution in [3.8, 4) is 0 Å². The lowest BCUT2D eigenvalue weighted by atomic mass is 9.59. The summed E-state index contributed by atoms with van der Waals surface area (Å²) in [5.41, 5.74) is 6.73. The molecular weight excluding hydrogens is 216 g/mol. The number of fused-ring (bicyclic) bond motifs is 4. The van der Waals surface area contributed by atoms with Crippen molar-refractivity contribution in [2.24, 2.45) is 0 Å². The van der Waals surface area contributed by atoms with E-state index in [1.165, 1.54) is 32.1 Å². The molecule has 0 saturated heterocycles. The minimum atomic E-state index is 0.351. The van der Waals surface area contributed by atoms with Gasteiger partial charge < -0.3 is 0 Å². The van der Waals surface area contributed by atoms with E-state index in [0.717, 1.165) is 0 Å². The third-order valence-corrected chi connectivity index (χ3v) is 4.94. The summed E-state index contributed by atoms with van der Waals surface area (Å²) in [6.07, 6.45) is 6.45. The van der Waals surface area contributed by atoms with Crippen LogP contribution in [-0.2, 0) is 18.3 Å². The highest BCUT2D eigenvalue weighted by Crippen LogP contribution is 2.52. The molecule has 0 nitrogen and oxygen atoms in total. The number of hydrogen-bond acceptors (Lipinski definition) is 0. The second-order valence-electron chi connectivity index (χ2n) is 5.75. The molecule has 4 rings (SSSR count). The van der Waals surface area contributed by atoms with Crippen LogP contribution < -0.4 is 0 Å². The van der Waals surface area contributed by atoms with E-state index in [2.05, 4.69) is 48.5 Å². The predicted octanol–water partition coefficient (Wildman–Crippen LogP) is 4.26. The van der Waals surface area contributed by atoms with Crippen LogP contribution in [0.15, 0.2) is 48.5 Å². The lowest BCUT2D eigenvalue weighted by Crippen LogP contribution is -2.36. The summed E-state index contributed by atoms with van der Waals surface area (Å²) >= 11 is 0. The van der Waals surface area contributed by atoms with Crippen LogP contribution in [-0.4, -0.2) is 0 Å². The minimum absolute atomic E-state index is 0.351. The molecule has 2 aromatic rings. The van der Waals surface area contributed by atoms with Gasteiger partial charge in [-0.15, -0.1) is 0 Å². The van der Waals surface area contributed by atoms with Gasteiger partial charge in [-0.1, -0.05) is 55.0 Å². The van der Waals surface area contributed by atoms with Gasteiger partial charge in [0.15, 0.2) is 0 Å². The van der Waals surface area contributed by atoms with Gasteiger partial charge in [-0.25, -0.2) is 0 Å². The highest BCUT2D eigenvalue weighted by atomic mass is 14.5. The average molecular weight is 234 g/mol. The second-order valence-corrected chi connectivity index (χ2v) is 5.75. The zero-order chi connectivity index (χ0) is 12.0. The van der Waals surface area contributed by atoms with Crippen LogP contribution >= 0.6 is 0 Å². The van der Waals surface area contributed by atoms with Crippen molar-refractivity contribution >= 4 is 0 Å². The molecule has 0 heteroatoms. The molecular formula is C18H18. The fourth-order valence-corrected chi connectivity index (χ4v) is 3.89. The van der Waals surface area contributed by atoms with E-state index < -0.39 is 0 Å². The molecule has 0 radical (unpaired) electrons. The Bertz CT molecular complexity index is 541. The molecule has 0 atom stereocenters. The summed E-state index contributed by atoms with van der Waals surface area (Å²) in [6.45, 7) is 0. The Labute approximate surface area is 109 Å². The van der Waals surface area contributed by atoms with Crippen molar-refractivity contribution in [3.05, 3.63) is 70.8 Å². The summed E-state index contributed by atoms with van der Waals surface area (Å²) in [6, 6.07) is 18.2.